The highest BCUT2D eigenvalue weighted by Crippen LogP contribution is 2.45. The van der Waals surface area contributed by atoms with Crippen molar-refractivity contribution in [2.75, 3.05) is 39.3 Å². The summed E-state index contributed by atoms with van der Waals surface area (Å²) in [6.07, 6.45) is 9.64. The Morgan fingerprint density at radius 3 is 2.48 bits per heavy atom. The van der Waals surface area contributed by atoms with Gasteiger partial charge in [0.1, 0.15) is 11.4 Å². The van der Waals surface area contributed by atoms with E-state index in [1.165, 1.54) is 32.1 Å². The number of ether oxygens (including phenoxy) is 1. The second-order valence-electron chi connectivity index (χ2n) is 9.48. The molecule has 5 nitrogen and oxygen atoms in total. The largest absolute Gasteiger partial charge is 0.487 e. The Balaban J connectivity index is 1.30. The average Bonchev–Trinajstić information content (AvgIpc) is 2.79. The predicted octanol–water partition coefficient (Wildman–Crippen LogP) is 3.15. The number of piperidine rings is 1. The zero-order valence-corrected chi connectivity index (χ0v) is 17.6. The van der Waals surface area contributed by atoms with E-state index >= 15 is 0 Å². The van der Waals surface area contributed by atoms with E-state index in [1.54, 1.807) is 0 Å². The number of carbonyl (C=O) groups is 1. The minimum Gasteiger partial charge on any atom is -0.487 e. The fourth-order valence-electron chi connectivity index (χ4n) is 6.00. The lowest BCUT2D eigenvalue weighted by Gasteiger charge is -2.46. The number of hydrogen-bond acceptors (Lipinski definition) is 4. The Bertz CT molecular complexity index is 717. The average molecular weight is 398 g/mol. The number of para-hydroxylation sites is 1. The lowest BCUT2D eigenvalue weighted by molar-refractivity contribution is -0.137. The molecule has 1 amide bonds. The van der Waals surface area contributed by atoms with E-state index in [4.69, 9.17) is 4.74 Å². The van der Waals surface area contributed by atoms with Crippen molar-refractivity contribution in [3.63, 3.8) is 0 Å². The van der Waals surface area contributed by atoms with Gasteiger partial charge in [0, 0.05) is 44.2 Å². The van der Waals surface area contributed by atoms with Gasteiger partial charge < -0.3 is 15.0 Å². The number of nitrogens with zero attached hydrogens (tertiary/aromatic N) is 2. The molecule has 0 bridgehead atoms. The van der Waals surface area contributed by atoms with E-state index in [-0.39, 0.29) is 11.5 Å². The van der Waals surface area contributed by atoms with Gasteiger partial charge in [-0.3, -0.25) is 9.69 Å². The summed E-state index contributed by atoms with van der Waals surface area (Å²) in [5.41, 5.74) is 0.917. The fraction of sp³-hybridized carbons (Fsp3) is 0.708. The highest BCUT2D eigenvalue weighted by atomic mass is 16.5. The number of nitrogens with one attached hydrogen (secondary N) is 1. The Morgan fingerprint density at radius 1 is 1.00 bits per heavy atom. The van der Waals surface area contributed by atoms with E-state index in [9.17, 15) is 4.79 Å². The van der Waals surface area contributed by atoms with Crippen LogP contribution >= 0.6 is 0 Å². The first-order valence-electron chi connectivity index (χ1n) is 11.8. The Hall–Kier alpha value is -1.59. The van der Waals surface area contributed by atoms with Crippen LogP contribution in [0.25, 0.3) is 0 Å². The third-order valence-corrected chi connectivity index (χ3v) is 7.73. The summed E-state index contributed by atoms with van der Waals surface area (Å²) < 4.78 is 6.51. The summed E-state index contributed by atoms with van der Waals surface area (Å²) in [5, 5.41) is 3.44. The van der Waals surface area contributed by atoms with Crippen LogP contribution in [0.4, 0.5) is 0 Å². The molecule has 1 aromatic rings. The predicted molar refractivity (Wildman–Crippen MR) is 114 cm³/mol. The van der Waals surface area contributed by atoms with Crippen LogP contribution < -0.4 is 10.1 Å². The van der Waals surface area contributed by atoms with Gasteiger partial charge in [0.2, 0.25) is 5.91 Å². The van der Waals surface area contributed by atoms with Crippen LogP contribution in [0.2, 0.25) is 0 Å². The van der Waals surface area contributed by atoms with Crippen LogP contribution in [0.1, 0.15) is 62.8 Å². The van der Waals surface area contributed by atoms with Crippen molar-refractivity contribution in [3.05, 3.63) is 29.8 Å². The molecule has 5 rings (SSSR count). The van der Waals surface area contributed by atoms with Gasteiger partial charge in [-0.25, -0.2) is 0 Å². The zero-order chi connectivity index (χ0) is 19.7. The highest BCUT2D eigenvalue weighted by molar-refractivity contribution is 5.85. The van der Waals surface area contributed by atoms with E-state index in [1.807, 2.05) is 12.1 Å². The molecule has 1 aromatic carbocycles. The second-order valence-corrected chi connectivity index (χ2v) is 9.48. The molecule has 4 aliphatic rings. The van der Waals surface area contributed by atoms with E-state index in [2.05, 4.69) is 27.2 Å². The Labute approximate surface area is 174 Å². The lowest BCUT2D eigenvalue weighted by Crippen LogP contribution is -2.55. The molecule has 1 spiro atoms. The quantitative estimate of drug-likeness (QED) is 0.833. The van der Waals surface area contributed by atoms with Crippen molar-refractivity contribution in [1.29, 1.82) is 0 Å². The highest BCUT2D eigenvalue weighted by Gasteiger charge is 2.45. The number of carbonyl (C=O) groups excluding carboxylic acids is 1. The van der Waals surface area contributed by atoms with Gasteiger partial charge in [0.25, 0.3) is 0 Å². The van der Waals surface area contributed by atoms with Crippen LogP contribution in [0.3, 0.4) is 0 Å². The second kappa shape index (κ2) is 8.27. The van der Waals surface area contributed by atoms with Gasteiger partial charge >= 0.3 is 0 Å². The molecule has 1 saturated carbocycles. The van der Waals surface area contributed by atoms with Crippen LogP contribution in [-0.4, -0.2) is 66.6 Å². The van der Waals surface area contributed by atoms with E-state index in [0.717, 1.165) is 75.9 Å². The maximum Gasteiger partial charge on any atom is 0.230 e. The molecule has 3 heterocycles. The number of amides is 1. The molecule has 0 unspecified atom stereocenters. The topological polar surface area (TPSA) is 44.8 Å². The van der Waals surface area contributed by atoms with Crippen molar-refractivity contribution in [3.8, 4) is 5.75 Å². The molecule has 2 saturated heterocycles. The SMILES string of the molecule is O=C([C@@H]1CC2(CCNCC2)Oc2ccccc21)N1CCN(C2CCCCC2)CC1. The van der Waals surface area contributed by atoms with Crippen LogP contribution in [-0.2, 0) is 4.79 Å². The maximum atomic E-state index is 13.7. The standard InChI is InChI=1S/C24H35N3O2/c28-23(27-16-14-26(15-17-27)19-6-2-1-3-7-19)21-18-24(10-12-25-13-11-24)29-22-9-5-4-8-20(21)22/h4-5,8-9,19,21,25H,1-3,6-7,10-18H2/t21-/m1/s1. The lowest BCUT2D eigenvalue weighted by atomic mass is 9.77. The van der Waals surface area contributed by atoms with Crippen LogP contribution in [0.15, 0.2) is 24.3 Å². The number of hydrogen-bond donors (Lipinski definition) is 1. The summed E-state index contributed by atoms with van der Waals surface area (Å²) >= 11 is 0. The van der Waals surface area contributed by atoms with Gasteiger partial charge in [-0.15, -0.1) is 0 Å². The Kier molecular flexibility index (Phi) is 5.53. The molecule has 1 atom stereocenters. The van der Waals surface area contributed by atoms with Gasteiger partial charge in [-0.2, -0.15) is 0 Å². The van der Waals surface area contributed by atoms with Gasteiger partial charge in [-0.05, 0) is 44.8 Å². The van der Waals surface area contributed by atoms with Crippen molar-refractivity contribution >= 4 is 5.91 Å². The summed E-state index contributed by atoms with van der Waals surface area (Å²) in [7, 11) is 0. The first kappa shape index (κ1) is 19.4. The zero-order valence-electron chi connectivity index (χ0n) is 17.6. The maximum absolute atomic E-state index is 13.7. The third kappa shape index (κ3) is 3.91. The number of fused-ring (bicyclic) bond motifs is 1. The number of piperazine rings is 1. The van der Waals surface area contributed by atoms with Crippen LogP contribution in [0.5, 0.6) is 5.75 Å². The molecule has 0 radical (unpaired) electrons. The normalized spacial score (nSPS) is 28.0. The minimum atomic E-state index is -0.177. The molecular weight excluding hydrogens is 362 g/mol. The fourth-order valence-corrected chi connectivity index (χ4v) is 6.00. The third-order valence-electron chi connectivity index (χ3n) is 7.73. The summed E-state index contributed by atoms with van der Waals surface area (Å²) in [6, 6.07) is 8.99. The molecule has 3 fully saturated rings. The first-order chi connectivity index (χ1) is 14.2. The molecule has 29 heavy (non-hydrogen) atoms. The van der Waals surface area contributed by atoms with E-state index < -0.39 is 0 Å². The molecule has 5 heteroatoms. The number of rotatable bonds is 2. The van der Waals surface area contributed by atoms with Crippen molar-refractivity contribution in [2.45, 2.75) is 68.9 Å². The molecule has 158 valence electrons. The summed E-state index contributed by atoms with van der Waals surface area (Å²) in [6.45, 7) is 5.78. The Morgan fingerprint density at radius 2 is 1.72 bits per heavy atom. The van der Waals surface area contributed by atoms with Crippen molar-refractivity contribution in [2.24, 2.45) is 0 Å². The van der Waals surface area contributed by atoms with Crippen LogP contribution in [0, 0.1) is 0 Å². The van der Waals surface area contributed by atoms with Crippen molar-refractivity contribution in [1.82, 2.24) is 15.1 Å². The first-order valence-corrected chi connectivity index (χ1v) is 11.8. The number of benzene rings is 1. The van der Waals surface area contributed by atoms with E-state index in [0.29, 0.717) is 5.91 Å². The summed E-state index contributed by atoms with van der Waals surface area (Å²) in [5.74, 6) is 1.20. The monoisotopic (exact) mass is 397 g/mol. The molecule has 3 aliphatic heterocycles. The minimum absolute atomic E-state index is 0.0562. The van der Waals surface area contributed by atoms with Crippen molar-refractivity contribution < 1.29 is 9.53 Å². The molecule has 1 aliphatic carbocycles. The van der Waals surface area contributed by atoms with Gasteiger partial charge in [0.05, 0.1) is 5.92 Å². The molecule has 1 N–H and O–H groups in total. The van der Waals surface area contributed by atoms with Gasteiger partial charge in [0.15, 0.2) is 0 Å². The smallest absolute Gasteiger partial charge is 0.230 e. The molecular formula is C24H35N3O2. The van der Waals surface area contributed by atoms with Gasteiger partial charge in [-0.1, -0.05) is 37.5 Å². The molecule has 0 aromatic heterocycles. The summed E-state index contributed by atoms with van der Waals surface area (Å²) in [4.78, 5) is 18.4.